The molecule has 0 bridgehead atoms. The van der Waals surface area contributed by atoms with Gasteiger partial charge in [-0.05, 0) is 41.8 Å². The highest BCUT2D eigenvalue weighted by Crippen LogP contribution is 2.40. The Kier molecular flexibility index (Phi) is 5.11. The Morgan fingerprint density at radius 1 is 1.19 bits per heavy atom. The fraction of sp³-hybridized carbons (Fsp3) is 0.300. The highest BCUT2D eigenvalue weighted by Gasteiger charge is 2.19. The third-order valence-electron chi connectivity index (χ3n) is 4.35. The Morgan fingerprint density at radius 3 is 2.69 bits per heavy atom. The molecule has 6 nitrogen and oxygen atoms in total. The SMILES string of the molecule is CCCOc1ccc(Cn2c(O)c(N=O)c3cccc(C)c32)cc1OC. The van der Waals surface area contributed by atoms with Gasteiger partial charge in [-0.1, -0.05) is 31.2 Å². The highest BCUT2D eigenvalue weighted by atomic mass is 16.5. The Bertz CT molecular complexity index is 947. The Hall–Kier alpha value is -3.02. The van der Waals surface area contributed by atoms with Crippen LogP contribution in [0.25, 0.3) is 10.9 Å². The van der Waals surface area contributed by atoms with Gasteiger partial charge in [0.2, 0.25) is 5.88 Å². The lowest BCUT2D eigenvalue weighted by Gasteiger charge is -2.13. The molecule has 1 heterocycles. The van der Waals surface area contributed by atoms with Gasteiger partial charge < -0.3 is 19.1 Å². The molecule has 3 rings (SSSR count). The van der Waals surface area contributed by atoms with Gasteiger partial charge in [-0.3, -0.25) is 0 Å². The van der Waals surface area contributed by atoms with Gasteiger partial charge in [-0.15, -0.1) is 4.91 Å². The van der Waals surface area contributed by atoms with Gasteiger partial charge in [0.1, 0.15) is 0 Å². The monoisotopic (exact) mass is 354 g/mol. The van der Waals surface area contributed by atoms with Crippen LogP contribution in [0.15, 0.2) is 41.6 Å². The number of hydrogen-bond donors (Lipinski definition) is 1. The Balaban J connectivity index is 2.04. The van der Waals surface area contributed by atoms with E-state index in [9.17, 15) is 10.0 Å². The van der Waals surface area contributed by atoms with Crippen molar-refractivity contribution >= 4 is 16.6 Å². The van der Waals surface area contributed by atoms with Gasteiger partial charge >= 0.3 is 0 Å². The van der Waals surface area contributed by atoms with Crippen molar-refractivity contribution in [2.75, 3.05) is 13.7 Å². The third-order valence-corrected chi connectivity index (χ3v) is 4.35. The molecule has 0 saturated carbocycles. The lowest BCUT2D eigenvalue weighted by atomic mass is 10.1. The molecule has 6 heteroatoms. The van der Waals surface area contributed by atoms with Crippen LogP contribution in [0.5, 0.6) is 17.4 Å². The van der Waals surface area contributed by atoms with Crippen molar-refractivity contribution in [2.24, 2.45) is 5.18 Å². The van der Waals surface area contributed by atoms with Crippen molar-refractivity contribution in [3.05, 3.63) is 52.4 Å². The molecule has 0 aliphatic rings. The number of nitroso groups, excluding NO2 is 1. The van der Waals surface area contributed by atoms with Crippen molar-refractivity contribution in [1.82, 2.24) is 4.57 Å². The molecule has 0 aliphatic heterocycles. The largest absolute Gasteiger partial charge is 0.493 e. The van der Waals surface area contributed by atoms with Gasteiger partial charge in [0.05, 0.1) is 25.8 Å². The number of methoxy groups -OCH3 is 1. The Labute approximate surface area is 151 Å². The standard InChI is InChI=1S/C20H22N2O4/c1-4-10-26-16-9-8-14(11-17(16)25-3)12-22-19-13(2)6-5-7-15(19)18(21-24)20(22)23/h5-9,11,23H,4,10,12H2,1-3H3. The predicted molar refractivity (Wildman–Crippen MR) is 102 cm³/mol. The van der Waals surface area contributed by atoms with Crippen LogP contribution in [-0.2, 0) is 6.54 Å². The molecule has 0 spiro atoms. The van der Waals surface area contributed by atoms with Crippen LogP contribution in [-0.4, -0.2) is 23.4 Å². The second-order valence-corrected chi connectivity index (χ2v) is 6.15. The van der Waals surface area contributed by atoms with Crippen LogP contribution in [0, 0.1) is 11.8 Å². The van der Waals surface area contributed by atoms with Gasteiger partial charge in [-0.25, -0.2) is 0 Å². The van der Waals surface area contributed by atoms with E-state index >= 15 is 0 Å². The molecule has 26 heavy (non-hydrogen) atoms. The summed E-state index contributed by atoms with van der Waals surface area (Å²) in [5.74, 6) is 1.19. The summed E-state index contributed by atoms with van der Waals surface area (Å²) in [7, 11) is 1.60. The number of ether oxygens (including phenoxy) is 2. The quantitative estimate of drug-likeness (QED) is 0.613. The first-order valence-corrected chi connectivity index (χ1v) is 8.54. The number of nitrogens with zero attached hydrogens (tertiary/aromatic N) is 2. The summed E-state index contributed by atoms with van der Waals surface area (Å²) in [4.78, 5) is 11.2. The topological polar surface area (TPSA) is 73.0 Å². The highest BCUT2D eigenvalue weighted by molar-refractivity contribution is 5.96. The van der Waals surface area contributed by atoms with E-state index in [2.05, 4.69) is 5.18 Å². The van der Waals surface area contributed by atoms with Crippen LogP contribution in [0.1, 0.15) is 24.5 Å². The second kappa shape index (κ2) is 7.47. The van der Waals surface area contributed by atoms with Crippen molar-refractivity contribution in [1.29, 1.82) is 0 Å². The first-order valence-electron chi connectivity index (χ1n) is 8.54. The molecule has 0 atom stereocenters. The molecule has 0 unspecified atom stereocenters. The number of fused-ring (bicyclic) bond motifs is 1. The molecule has 0 amide bonds. The number of rotatable bonds is 7. The van der Waals surface area contributed by atoms with Crippen LogP contribution in [0.4, 0.5) is 5.69 Å². The van der Waals surface area contributed by atoms with Gasteiger partial charge in [0, 0.05) is 5.39 Å². The maximum Gasteiger partial charge on any atom is 0.222 e. The number of aryl methyl sites for hydroxylation is 1. The molecular formula is C20H22N2O4. The number of benzene rings is 2. The van der Waals surface area contributed by atoms with E-state index in [0.29, 0.717) is 30.0 Å². The molecule has 3 aromatic rings. The summed E-state index contributed by atoms with van der Waals surface area (Å²) in [6, 6.07) is 11.2. The van der Waals surface area contributed by atoms with Crippen molar-refractivity contribution in [2.45, 2.75) is 26.8 Å². The molecule has 2 aromatic carbocycles. The molecule has 0 radical (unpaired) electrons. The van der Waals surface area contributed by atoms with Gasteiger partial charge in [0.25, 0.3) is 0 Å². The minimum Gasteiger partial charge on any atom is -0.493 e. The van der Waals surface area contributed by atoms with Crippen LogP contribution in [0.2, 0.25) is 0 Å². The lowest BCUT2D eigenvalue weighted by molar-refractivity contribution is 0.294. The van der Waals surface area contributed by atoms with Crippen molar-refractivity contribution in [3.63, 3.8) is 0 Å². The fourth-order valence-corrected chi connectivity index (χ4v) is 3.13. The maximum atomic E-state index is 11.2. The van der Waals surface area contributed by atoms with Crippen molar-refractivity contribution in [3.8, 4) is 17.4 Å². The number of aromatic hydroxyl groups is 1. The van der Waals surface area contributed by atoms with Crippen LogP contribution >= 0.6 is 0 Å². The summed E-state index contributed by atoms with van der Waals surface area (Å²) >= 11 is 0. The summed E-state index contributed by atoms with van der Waals surface area (Å²) in [5.41, 5.74) is 2.74. The average molecular weight is 354 g/mol. The third kappa shape index (κ3) is 3.10. The Morgan fingerprint density at radius 2 is 2.00 bits per heavy atom. The van der Waals surface area contributed by atoms with E-state index < -0.39 is 0 Å². The van der Waals surface area contributed by atoms with Crippen LogP contribution < -0.4 is 9.47 Å². The van der Waals surface area contributed by atoms with E-state index in [-0.39, 0.29) is 11.6 Å². The molecule has 1 aromatic heterocycles. The molecule has 136 valence electrons. The molecule has 1 N–H and O–H groups in total. The maximum absolute atomic E-state index is 11.2. The zero-order valence-electron chi connectivity index (χ0n) is 15.2. The lowest BCUT2D eigenvalue weighted by Crippen LogP contribution is -2.02. The minimum absolute atomic E-state index is 0.0681. The first-order chi connectivity index (χ1) is 12.6. The first kappa shape index (κ1) is 17.8. The summed E-state index contributed by atoms with van der Waals surface area (Å²) in [5, 5.41) is 14.2. The molecule has 0 fully saturated rings. The predicted octanol–water partition coefficient (Wildman–Crippen LogP) is 4.90. The summed E-state index contributed by atoms with van der Waals surface area (Å²) in [6.45, 7) is 4.98. The van der Waals surface area contributed by atoms with E-state index in [1.165, 1.54) is 0 Å². The van der Waals surface area contributed by atoms with E-state index in [4.69, 9.17) is 9.47 Å². The average Bonchev–Trinajstić information content (AvgIpc) is 2.92. The van der Waals surface area contributed by atoms with Crippen molar-refractivity contribution < 1.29 is 14.6 Å². The number of aromatic nitrogens is 1. The number of hydrogen-bond acceptors (Lipinski definition) is 5. The van der Waals surface area contributed by atoms with E-state index in [1.807, 2.05) is 44.2 Å². The zero-order chi connectivity index (χ0) is 18.7. The smallest absolute Gasteiger partial charge is 0.222 e. The molecule has 0 aliphatic carbocycles. The van der Waals surface area contributed by atoms with Gasteiger partial charge in [0.15, 0.2) is 17.2 Å². The minimum atomic E-state index is -0.130. The van der Waals surface area contributed by atoms with E-state index in [1.54, 1.807) is 17.7 Å². The van der Waals surface area contributed by atoms with Gasteiger partial charge in [-0.2, -0.15) is 0 Å². The normalized spacial score (nSPS) is 10.9. The number of para-hydroxylation sites is 1. The summed E-state index contributed by atoms with van der Waals surface area (Å²) < 4.78 is 12.8. The van der Waals surface area contributed by atoms with Crippen LogP contribution in [0.3, 0.4) is 0 Å². The molecule has 0 saturated heterocycles. The molecular weight excluding hydrogens is 332 g/mol. The second-order valence-electron chi connectivity index (χ2n) is 6.15. The van der Waals surface area contributed by atoms with E-state index in [0.717, 1.165) is 23.1 Å². The summed E-state index contributed by atoms with van der Waals surface area (Å²) in [6.07, 6.45) is 0.912. The fourth-order valence-electron chi connectivity index (χ4n) is 3.13. The zero-order valence-corrected chi connectivity index (χ0v) is 15.2.